The van der Waals surface area contributed by atoms with Gasteiger partial charge in [-0.15, -0.1) is 0 Å². The Morgan fingerprint density at radius 2 is 2.19 bits per heavy atom. The molecule has 1 atom stereocenters. The third kappa shape index (κ3) is 3.51. The molecule has 0 spiro atoms. The molecule has 0 aliphatic rings. The molecule has 0 aliphatic carbocycles. The van der Waals surface area contributed by atoms with Crippen LogP contribution in [0.5, 0.6) is 0 Å². The minimum atomic E-state index is -0.543. The molecule has 0 saturated heterocycles. The van der Waals surface area contributed by atoms with Crippen molar-refractivity contribution in [1.82, 2.24) is 5.32 Å². The lowest BCUT2D eigenvalue weighted by molar-refractivity contribution is 0.0562. The molecule has 1 N–H and O–H groups in total. The highest BCUT2D eigenvalue weighted by molar-refractivity contribution is 9.10. The van der Waals surface area contributed by atoms with Crippen molar-refractivity contribution in [3.05, 3.63) is 57.7 Å². The summed E-state index contributed by atoms with van der Waals surface area (Å²) in [7, 11) is 1.29. The number of benzene rings is 1. The molecule has 0 bridgehead atoms. The Hall–Kier alpha value is -1.66. The number of rotatable bonds is 5. The quantitative estimate of drug-likeness (QED) is 0.831. The molecule has 0 radical (unpaired) electrons. The number of carbonyl (C=O) groups is 1. The van der Waals surface area contributed by atoms with E-state index in [2.05, 4.69) is 26.0 Å². The van der Waals surface area contributed by atoms with Crippen LogP contribution < -0.4 is 5.32 Å². The Morgan fingerprint density at radius 3 is 2.81 bits per heavy atom. The average molecular weight is 356 g/mol. The van der Waals surface area contributed by atoms with Crippen LogP contribution in [0.2, 0.25) is 0 Å². The van der Waals surface area contributed by atoms with Crippen molar-refractivity contribution in [2.24, 2.45) is 0 Å². The van der Waals surface area contributed by atoms with Gasteiger partial charge in [-0.05, 0) is 52.3 Å². The van der Waals surface area contributed by atoms with Crippen molar-refractivity contribution < 1.29 is 18.3 Å². The van der Waals surface area contributed by atoms with Gasteiger partial charge in [-0.3, -0.25) is 0 Å². The second-order valence-electron chi connectivity index (χ2n) is 4.36. The van der Waals surface area contributed by atoms with Gasteiger partial charge in [-0.2, -0.15) is 0 Å². The van der Waals surface area contributed by atoms with E-state index in [0.29, 0.717) is 22.3 Å². The van der Waals surface area contributed by atoms with Crippen molar-refractivity contribution in [3.8, 4) is 0 Å². The summed E-state index contributed by atoms with van der Waals surface area (Å²) in [6.07, 6.45) is 0. The molecule has 1 aromatic carbocycles. The minimum absolute atomic E-state index is 0.119. The third-order valence-electron chi connectivity index (χ3n) is 2.98. The first-order chi connectivity index (χ1) is 10.1. The zero-order valence-corrected chi connectivity index (χ0v) is 13.2. The summed E-state index contributed by atoms with van der Waals surface area (Å²) < 4.78 is 24.2. The fraction of sp³-hybridized carbons (Fsp3) is 0.267. The molecule has 0 saturated carbocycles. The van der Waals surface area contributed by atoms with Gasteiger partial charge in [0.2, 0.25) is 5.76 Å². The van der Waals surface area contributed by atoms with Gasteiger partial charge >= 0.3 is 5.97 Å². The lowest BCUT2D eigenvalue weighted by Gasteiger charge is -2.16. The molecule has 0 aliphatic heterocycles. The number of hydrogen-bond donors (Lipinski definition) is 1. The Labute approximate surface area is 130 Å². The fourth-order valence-electron chi connectivity index (χ4n) is 2.00. The van der Waals surface area contributed by atoms with E-state index >= 15 is 0 Å². The topological polar surface area (TPSA) is 51.5 Å². The molecule has 2 rings (SSSR count). The smallest absolute Gasteiger partial charge is 0.373 e. The van der Waals surface area contributed by atoms with Crippen LogP contribution in [0.4, 0.5) is 4.39 Å². The number of nitrogens with one attached hydrogen (secondary N) is 1. The molecule has 112 valence electrons. The number of ether oxygens (including phenoxy) is 1. The fourth-order valence-corrected chi connectivity index (χ4v) is 2.24. The van der Waals surface area contributed by atoms with E-state index in [-0.39, 0.29) is 17.6 Å². The average Bonchev–Trinajstić information content (AvgIpc) is 2.96. The summed E-state index contributed by atoms with van der Waals surface area (Å²) in [6.45, 7) is 2.60. The van der Waals surface area contributed by atoms with Crippen LogP contribution in [0.25, 0.3) is 0 Å². The number of hydrogen-bond acceptors (Lipinski definition) is 4. The summed E-state index contributed by atoms with van der Waals surface area (Å²) in [4.78, 5) is 11.4. The normalized spacial score (nSPS) is 12.2. The van der Waals surface area contributed by atoms with E-state index in [1.807, 2.05) is 6.92 Å². The molecular weight excluding hydrogens is 341 g/mol. The van der Waals surface area contributed by atoms with Crippen molar-refractivity contribution >= 4 is 21.9 Å². The maximum absolute atomic E-state index is 13.7. The van der Waals surface area contributed by atoms with Gasteiger partial charge in [0.05, 0.1) is 17.6 Å². The van der Waals surface area contributed by atoms with Crippen molar-refractivity contribution in [3.63, 3.8) is 0 Å². The summed E-state index contributed by atoms with van der Waals surface area (Å²) in [6, 6.07) is 7.74. The molecule has 21 heavy (non-hydrogen) atoms. The molecule has 0 amide bonds. The molecule has 2 aromatic rings. The van der Waals surface area contributed by atoms with Crippen molar-refractivity contribution in [2.75, 3.05) is 13.7 Å². The second kappa shape index (κ2) is 6.87. The van der Waals surface area contributed by atoms with E-state index in [1.54, 1.807) is 24.3 Å². The Kier molecular flexibility index (Phi) is 5.14. The van der Waals surface area contributed by atoms with Gasteiger partial charge in [-0.1, -0.05) is 13.0 Å². The minimum Gasteiger partial charge on any atom is -0.463 e. The molecule has 4 nitrogen and oxygen atoms in total. The van der Waals surface area contributed by atoms with Gasteiger partial charge in [0.1, 0.15) is 11.6 Å². The van der Waals surface area contributed by atoms with Crippen LogP contribution in [0.15, 0.2) is 39.2 Å². The first-order valence-corrected chi connectivity index (χ1v) is 7.22. The summed E-state index contributed by atoms with van der Waals surface area (Å²) in [5.41, 5.74) is 0.711. The monoisotopic (exact) mass is 355 g/mol. The lowest BCUT2D eigenvalue weighted by atomic mass is 10.0. The molecular formula is C15H15BrFNO3. The number of halogens is 2. The van der Waals surface area contributed by atoms with Gasteiger partial charge < -0.3 is 14.5 Å². The predicted molar refractivity (Wildman–Crippen MR) is 79.7 cm³/mol. The van der Waals surface area contributed by atoms with Crippen molar-refractivity contribution in [1.29, 1.82) is 0 Å². The SMILES string of the molecule is CCNC(c1ccc(Br)c(F)c1)c1ccc(C(=O)OC)o1. The van der Waals surface area contributed by atoms with Crippen LogP contribution >= 0.6 is 15.9 Å². The molecule has 6 heteroatoms. The van der Waals surface area contributed by atoms with E-state index in [9.17, 15) is 9.18 Å². The lowest BCUT2D eigenvalue weighted by Crippen LogP contribution is -2.21. The highest BCUT2D eigenvalue weighted by atomic mass is 79.9. The maximum Gasteiger partial charge on any atom is 0.373 e. The predicted octanol–water partition coefficient (Wildman–Crippen LogP) is 3.67. The van der Waals surface area contributed by atoms with Gasteiger partial charge in [0.25, 0.3) is 0 Å². The zero-order valence-electron chi connectivity index (χ0n) is 11.7. The molecule has 1 unspecified atom stereocenters. The molecule has 0 fully saturated rings. The standard InChI is InChI=1S/C15H15BrFNO3/c1-3-18-14(9-4-5-10(16)11(17)8-9)12-6-7-13(21-12)15(19)20-2/h4-8,14,18H,3H2,1-2H3. The van der Waals surface area contributed by atoms with Crippen LogP contribution in [0.1, 0.15) is 34.8 Å². The van der Waals surface area contributed by atoms with Crippen LogP contribution in [-0.4, -0.2) is 19.6 Å². The second-order valence-corrected chi connectivity index (χ2v) is 5.21. The largest absolute Gasteiger partial charge is 0.463 e. The van der Waals surface area contributed by atoms with E-state index in [0.717, 1.165) is 0 Å². The van der Waals surface area contributed by atoms with Crippen LogP contribution in [0.3, 0.4) is 0 Å². The third-order valence-corrected chi connectivity index (χ3v) is 3.63. The first kappa shape index (κ1) is 15.7. The summed E-state index contributed by atoms with van der Waals surface area (Å²) >= 11 is 3.13. The number of esters is 1. The maximum atomic E-state index is 13.7. The van der Waals surface area contributed by atoms with Gasteiger partial charge in [0.15, 0.2) is 0 Å². The molecule has 1 heterocycles. The number of carbonyl (C=O) groups excluding carboxylic acids is 1. The number of methoxy groups -OCH3 is 1. The summed E-state index contributed by atoms with van der Waals surface area (Å²) in [5, 5.41) is 3.20. The van der Waals surface area contributed by atoms with Gasteiger partial charge in [-0.25, -0.2) is 9.18 Å². The first-order valence-electron chi connectivity index (χ1n) is 6.43. The van der Waals surface area contributed by atoms with E-state index in [1.165, 1.54) is 13.2 Å². The summed E-state index contributed by atoms with van der Waals surface area (Å²) in [5.74, 6) is -0.249. The molecule has 1 aromatic heterocycles. The van der Waals surface area contributed by atoms with Gasteiger partial charge in [0, 0.05) is 0 Å². The van der Waals surface area contributed by atoms with E-state index in [4.69, 9.17) is 4.42 Å². The highest BCUT2D eigenvalue weighted by Gasteiger charge is 2.20. The number of furan rings is 1. The zero-order chi connectivity index (χ0) is 15.4. The Morgan fingerprint density at radius 1 is 1.43 bits per heavy atom. The Balaban J connectivity index is 2.36. The van der Waals surface area contributed by atoms with E-state index < -0.39 is 5.97 Å². The Bertz CT molecular complexity index is 642. The van der Waals surface area contributed by atoms with Crippen molar-refractivity contribution in [2.45, 2.75) is 13.0 Å². The van der Waals surface area contributed by atoms with Crippen LogP contribution in [-0.2, 0) is 4.74 Å². The highest BCUT2D eigenvalue weighted by Crippen LogP contribution is 2.27. The van der Waals surface area contributed by atoms with Crippen LogP contribution in [0, 0.1) is 5.82 Å².